The van der Waals surface area contributed by atoms with E-state index in [1.54, 1.807) is 18.2 Å². The summed E-state index contributed by atoms with van der Waals surface area (Å²) >= 11 is 5.78. The van der Waals surface area contributed by atoms with Crippen LogP contribution < -0.4 is 16.4 Å². The molecule has 0 saturated heterocycles. The Morgan fingerprint density at radius 1 is 1.10 bits per heavy atom. The molecule has 5 nitrogen and oxygen atoms in total. The van der Waals surface area contributed by atoms with Crippen LogP contribution in [0.15, 0.2) is 48.5 Å². The van der Waals surface area contributed by atoms with Gasteiger partial charge in [-0.05, 0) is 30.3 Å². The lowest BCUT2D eigenvalue weighted by atomic mass is 10.2. The zero-order valence-corrected chi connectivity index (χ0v) is 11.9. The summed E-state index contributed by atoms with van der Waals surface area (Å²) < 4.78 is 0. The van der Waals surface area contributed by atoms with Crippen LogP contribution in [0.5, 0.6) is 0 Å². The maximum Gasteiger partial charge on any atom is 0.251 e. The number of benzene rings is 2. The van der Waals surface area contributed by atoms with Gasteiger partial charge in [0.25, 0.3) is 5.91 Å². The van der Waals surface area contributed by atoms with Crippen LogP contribution in [-0.2, 0) is 4.79 Å². The van der Waals surface area contributed by atoms with E-state index in [0.29, 0.717) is 22.0 Å². The number of nitrogens with two attached hydrogens (primary N) is 1. The molecule has 2 rings (SSSR count). The summed E-state index contributed by atoms with van der Waals surface area (Å²) in [5, 5.41) is 5.57. The second kappa shape index (κ2) is 6.76. The highest BCUT2D eigenvalue weighted by Crippen LogP contribution is 2.19. The minimum absolute atomic E-state index is 0.129. The number of nitrogen functional groups attached to an aromatic ring is 1. The van der Waals surface area contributed by atoms with Gasteiger partial charge in [0.05, 0.1) is 17.3 Å². The second-order valence-electron chi connectivity index (χ2n) is 4.33. The largest absolute Gasteiger partial charge is 0.398 e. The smallest absolute Gasteiger partial charge is 0.251 e. The lowest BCUT2D eigenvalue weighted by Crippen LogP contribution is -2.32. The molecule has 0 fully saturated rings. The van der Waals surface area contributed by atoms with E-state index in [0.717, 1.165) is 0 Å². The third-order valence-electron chi connectivity index (χ3n) is 2.73. The van der Waals surface area contributed by atoms with Gasteiger partial charge in [-0.3, -0.25) is 9.59 Å². The number of carbonyl (C=O) groups is 2. The van der Waals surface area contributed by atoms with Crippen LogP contribution >= 0.6 is 11.6 Å². The molecule has 0 atom stereocenters. The van der Waals surface area contributed by atoms with Crippen molar-refractivity contribution in [3.63, 3.8) is 0 Å². The van der Waals surface area contributed by atoms with Crippen LogP contribution in [-0.4, -0.2) is 18.4 Å². The molecule has 0 radical (unpaired) electrons. The van der Waals surface area contributed by atoms with Crippen LogP contribution in [0.2, 0.25) is 5.02 Å². The van der Waals surface area contributed by atoms with E-state index in [9.17, 15) is 9.59 Å². The molecule has 0 unspecified atom stereocenters. The van der Waals surface area contributed by atoms with Gasteiger partial charge >= 0.3 is 0 Å². The molecule has 0 aromatic heterocycles. The van der Waals surface area contributed by atoms with Crippen molar-refractivity contribution in [2.24, 2.45) is 0 Å². The standard InChI is InChI=1S/C15H14ClN3O2/c16-12-7-6-10(8-13(12)17)15(21)18-9-14(20)19-11-4-2-1-3-5-11/h1-8H,9,17H2,(H,18,21)(H,19,20). The van der Waals surface area contributed by atoms with E-state index >= 15 is 0 Å². The van der Waals surface area contributed by atoms with E-state index < -0.39 is 0 Å². The molecule has 0 spiro atoms. The fraction of sp³-hybridized carbons (Fsp3) is 0.0667. The summed E-state index contributed by atoms with van der Waals surface area (Å²) in [7, 11) is 0. The Kier molecular flexibility index (Phi) is 4.79. The van der Waals surface area contributed by atoms with Crippen LogP contribution in [0.25, 0.3) is 0 Å². The molecule has 2 amide bonds. The van der Waals surface area contributed by atoms with Crippen LogP contribution in [0.1, 0.15) is 10.4 Å². The third-order valence-corrected chi connectivity index (χ3v) is 3.07. The van der Waals surface area contributed by atoms with E-state index in [2.05, 4.69) is 10.6 Å². The molecular formula is C15H14ClN3O2. The Hall–Kier alpha value is -2.53. The normalized spacial score (nSPS) is 9.95. The van der Waals surface area contributed by atoms with Gasteiger partial charge in [-0.2, -0.15) is 0 Å². The monoisotopic (exact) mass is 303 g/mol. The Morgan fingerprint density at radius 3 is 2.48 bits per heavy atom. The van der Waals surface area contributed by atoms with Crippen molar-refractivity contribution < 1.29 is 9.59 Å². The molecule has 0 saturated carbocycles. The SMILES string of the molecule is Nc1cc(C(=O)NCC(=O)Nc2ccccc2)ccc1Cl. The molecule has 0 aliphatic heterocycles. The summed E-state index contributed by atoms with van der Waals surface area (Å²) in [6.45, 7) is -0.129. The number of halogens is 1. The second-order valence-corrected chi connectivity index (χ2v) is 4.74. The number of anilines is 2. The number of para-hydroxylation sites is 1. The van der Waals surface area contributed by atoms with Gasteiger partial charge in [0.2, 0.25) is 5.91 Å². The van der Waals surface area contributed by atoms with Crippen LogP contribution in [0, 0.1) is 0 Å². The molecule has 108 valence electrons. The maximum absolute atomic E-state index is 11.9. The van der Waals surface area contributed by atoms with Crippen molar-refractivity contribution in [3.8, 4) is 0 Å². The molecule has 21 heavy (non-hydrogen) atoms. The van der Waals surface area contributed by atoms with Crippen molar-refractivity contribution in [1.29, 1.82) is 0 Å². The fourth-order valence-electron chi connectivity index (χ4n) is 1.67. The average Bonchev–Trinajstić information content (AvgIpc) is 2.48. The van der Waals surface area contributed by atoms with Gasteiger partial charge in [-0.25, -0.2) is 0 Å². The van der Waals surface area contributed by atoms with E-state index in [1.165, 1.54) is 12.1 Å². The fourth-order valence-corrected chi connectivity index (χ4v) is 1.79. The molecule has 0 aliphatic rings. The summed E-state index contributed by atoms with van der Waals surface area (Å²) in [6.07, 6.45) is 0. The Balaban J connectivity index is 1.89. The quantitative estimate of drug-likeness (QED) is 0.758. The highest BCUT2D eigenvalue weighted by molar-refractivity contribution is 6.33. The molecule has 0 bridgehead atoms. The topological polar surface area (TPSA) is 84.2 Å². The Morgan fingerprint density at radius 2 is 1.81 bits per heavy atom. The van der Waals surface area contributed by atoms with Gasteiger partial charge in [-0.15, -0.1) is 0 Å². The van der Waals surface area contributed by atoms with Crippen LogP contribution in [0.4, 0.5) is 11.4 Å². The Labute approximate surface area is 127 Å². The number of hydrogen-bond acceptors (Lipinski definition) is 3. The van der Waals surface area contributed by atoms with Crippen molar-refractivity contribution in [1.82, 2.24) is 5.32 Å². The highest BCUT2D eigenvalue weighted by Gasteiger charge is 2.09. The average molecular weight is 304 g/mol. The van der Waals surface area contributed by atoms with Gasteiger partial charge in [0.1, 0.15) is 0 Å². The molecule has 0 aliphatic carbocycles. The molecule has 0 heterocycles. The number of carbonyl (C=O) groups excluding carboxylic acids is 2. The summed E-state index contributed by atoms with van der Waals surface area (Å²) in [6, 6.07) is 13.5. The highest BCUT2D eigenvalue weighted by atomic mass is 35.5. The number of nitrogens with one attached hydrogen (secondary N) is 2. The van der Waals surface area contributed by atoms with E-state index in [1.807, 2.05) is 18.2 Å². The van der Waals surface area contributed by atoms with Gasteiger partial charge < -0.3 is 16.4 Å². The number of amides is 2. The maximum atomic E-state index is 11.9. The van der Waals surface area contributed by atoms with Crippen molar-refractivity contribution in [2.45, 2.75) is 0 Å². The summed E-state index contributed by atoms with van der Waals surface area (Å²) in [5.41, 5.74) is 6.97. The first-order valence-corrected chi connectivity index (χ1v) is 6.62. The van der Waals surface area contributed by atoms with Gasteiger partial charge in [-0.1, -0.05) is 29.8 Å². The zero-order chi connectivity index (χ0) is 15.2. The van der Waals surface area contributed by atoms with Crippen molar-refractivity contribution in [3.05, 3.63) is 59.1 Å². The molecule has 2 aromatic rings. The van der Waals surface area contributed by atoms with Gasteiger partial charge in [0, 0.05) is 11.3 Å². The minimum atomic E-state index is -0.387. The number of rotatable bonds is 4. The van der Waals surface area contributed by atoms with Gasteiger partial charge in [0.15, 0.2) is 0 Å². The van der Waals surface area contributed by atoms with Crippen molar-refractivity contribution >= 4 is 34.8 Å². The minimum Gasteiger partial charge on any atom is -0.398 e. The molecule has 2 aromatic carbocycles. The molecule has 4 N–H and O–H groups in total. The van der Waals surface area contributed by atoms with Crippen LogP contribution in [0.3, 0.4) is 0 Å². The zero-order valence-electron chi connectivity index (χ0n) is 11.1. The predicted octanol–water partition coefficient (Wildman–Crippen LogP) is 2.29. The predicted molar refractivity (Wildman–Crippen MR) is 83.3 cm³/mol. The first-order valence-electron chi connectivity index (χ1n) is 6.24. The van der Waals surface area contributed by atoms with E-state index in [-0.39, 0.29) is 18.4 Å². The Bertz CT molecular complexity index is 659. The molecule has 6 heteroatoms. The summed E-state index contributed by atoms with van der Waals surface area (Å²) in [4.78, 5) is 23.6. The van der Waals surface area contributed by atoms with E-state index in [4.69, 9.17) is 17.3 Å². The first kappa shape index (κ1) is 14.9. The number of hydrogen-bond donors (Lipinski definition) is 3. The summed E-state index contributed by atoms with van der Waals surface area (Å²) in [5.74, 6) is -0.696. The lowest BCUT2D eigenvalue weighted by Gasteiger charge is -2.07. The first-order chi connectivity index (χ1) is 10.1. The molecular weight excluding hydrogens is 290 g/mol. The van der Waals surface area contributed by atoms with Crippen molar-refractivity contribution in [2.75, 3.05) is 17.6 Å². The third kappa shape index (κ3) is 4.22. The lowest BCUT2D eigenvalue weighted by molar-refractivity contribution is -0.115.